The average molecular weight is 247 g/mol. The summed E-state index contributed by atoms with van der Waals surface area (Å²) >= 11 is 1.55. The summed E-state index contributed by atoms with van der Waals surface area (Å²) in [7, 11) is 2.12. The van der Waals surface area contributed by atoms with Crippen molar-refractivity contribution in [3.63, 3.8) is 0 Å². The molecule has 0 amide bonds. The highest BCUT2D eigenvalue weighted by atomic mass is 32.1. The third kappa shape index (κ3) is 3.05. The third-order valence-electron chi connectivity index (χ3n) is 2.92. The largest absolute Gasteiger partial charge is 0.375 e. The zero-order valence-electron chi connectivity index (χ0n) is 10.1. The normalized spacial score (nSPS) is 12.9. The quantitative estimate of drug-likeness (QED) is 0.903. The molecule has 1 aromatic heterocycles. The predicted octanol–water partition coefficient (Wildman–Crippen LogP) is 2.92. The Morgan fingerprint density at radius 3 is 2.65 bits per heavy atom. The van der Waals surface area contributed by atoms with Crippen LogP contribution < -0.4 is 5.73 Å². The van der Waals surface area contributed by atoms with Gasteiger partial charge in [-0.15, -0.1) is 11.3 Å². The van der Waals surface area contributed by atoms with Crippen LogP contribution in [0.4, 0.5) is 5.13 Å². The molecule has 0 bridgehead atoms. The van der Waals surface area contributed by atoms with Gasteiger partial charge in [-0.25, -0.2) is 4.98 Å². The molecule has 0 aliphatic heterocycles. The first-order chi connectivity index (χ1) is 8.16. The van der Waals surface area contributed by atoms with Crippen molar-refractivity contribution < 1.29 is 0 Å². The van der Waals surface area contributed by atoms with Crippen molar-refractivity contribution in [3.05, 3.63) is 47.0 Å². The van der Waals surface area contributed by atoms with Gasteiger partial charge in [0.15, 0.2) is 5.13 Å². The molecule has 2 aromatic rings. The lowest BCUT2D eigenvalue weighted by Gasteiger charge is -2.24. The predicted molar refractivity (Wildman–Crippen MR) is 72.9 cm³/mol. The maximum atomic E-state index is 5.63. The third-order valence-corrected chi connectivity index (χ3v) is 3.73. The van der Waals surface area contributed by atoms with Gasteiger partial charge in [0.05, 0.1) is 0 Å². The van der Waals surface area contributed by atoms with E-state index in [2.05, 4.69) is 48.1 Å². The molecule has 0 spiro atoms. The molecule has 1 atom stereocenters. The van der Waals surface area contributed by atoms with Crippen molar-refractivity contribution in [2.45, 2.75) is 19.5 Å². The lowest BCUT2D eigenvalue weighted by Crippen LogP contribution is -2.21. The van der Waals surface area contributed by atoms with Crippen LogP contribution in [0.2, 0.25) is 0 Å². The number of hydrogen-bond donors (Lipinski definition) is 1. The van der Waals surface area contributed by atoms with E-state index in [9.17, 15) is 0 Å². The summed E-state index contributed by atoms with van der Waals surface area (Å²) in [6, 6.07) is 10.9. The molecule has 0 saturated heterocycles. The van der Waals surface area contributed by atoms with E-state index in [1.165, 1.54) is 10.4 Å². The van der Waals surface area contributed by atoms with Crippen LogP contribution in [-0.2, 0) is 6.54 Å². The Kier molecular flexibility index (Phi) is 3.76. The van der Waals surface area contributed by atoms with Gasteiger partial charge in [-0.3, -0.25) is 4.90 Å². The van der Waals surface area contributed by atoms with E-state index in [-0.39, 0.29) is 0 Å². The summed E-state index contributed by atoms with van der Waals surface area (Å²) in [5, 5.41) is 0.640. The summed E-state index contributed by atoms with van der Waals surface area (Å²) in [5.74, 6) is 0. The van der Waals surface area contributed by atoms with Crippen LogP contribution in [0.25, 0.3) is 0 Å². The lowest BCUT2D eigenvalue weighted by molar-refractivity contribution is 0.255. The topological polar surface area (TPSA) is 42.2 Å². The van der Waals surface area contributed by atoms with E-state index in [1.807, 2.05) is 12.3 Å². The van der Waals surface area contributed by atoms with Crippen LogP contribution in [0, 0.1) is 0 Å². The van der Waals surface area contributed by atoms with Crippen molar-refractivity contribution in [1.82, 2.24) is 9.88 Å². The number of aromatic nitrogens is 1. The molecule has 90 valence electrons. The maximum absolute atomic E-state index is 5.63. The van der Waals surface area contributed by atoms with Crippen LogP contribution in [-0.4, -0.2) is 16.9 Å². The second-order valence-corrected chi connectivity index (χ2v) is 5.31. The smallest absolute Gasteiger partial charge is 0.180 e. The summed E-state index contributed by atoms with van der Waals surface area (Å²) in [5.41, 5.74) is 6.96. The van der Waals surface area contributed by atoms with Crippen molar-refractivity contribution >= 4 is 16.5 Å². The number of nitrogens with two attached hydrogens (primary N) is 1. The van der Waals surface area contributed by atoms with Crippen LogP contribution in [0.1, 0.15) is 23.4 Å². The van der Waals surface area contributed by atoms with Gasteiger partial charge in [0.1, 0.15) is 0 Å². The first-order valence-corrected chi connectivity index (χ1v) is 6.44. The molecule has 0 radical (unpaired) electrons. The zero-order chi connectivity index (χ0) is 12.3. The van der Waals surface area contributed by atoms with Crippen molar-refractivity contribution in [2.75, 3.05) is 12.8 Å². The molecule has 17 heavy (non-hydrogen) atoms. The fourth-order valence-corrected chi connectivity index (χ4v) is 2.51. The fraction of sp³-hybridized carbons (Fsp3) is 0.308. The molecule has 0 aliphatic carbocycles. The SMILES string of the molecule is CC(c1ccccc1)N(C)Cc1cnc(N)s1. The van der Waals surface area contributed by atoms with Gasteiger partial charge in [0.2, 0.25) is 0 Å². The van der Waals surface area contributed by atoms with Crippen LogP contribution in [0.5, 0.6) is 0 Å². The maximum Gasteiger partial charge on any atom is 0.180 e. The van der Waals surface area contributed by atoms with Crippen LogP contribution in [0.3, 0.4) is 0 Å². The number of benzene rings is 1. The highest BCUT2D eigenvalue weighted by Crippen LogP contribution is 2.23. The van der Waals surface area contributed by atoms with E-state index in [4.69, 9.17) is 5.73 Å². The number of rotatable bonds is 4. The standard InChI is InChI=1S/C13H17N3S/c1-10(11-6-4-3-5-7-11)16(2)9-12-8-15-13(14)17-12/h3-8,10H,9H2,1-2H3,(H2,14,15). The molecule has 0 fully saturated rings. The summed E-state index contributed by atoms with van der Waals surface area (Å²) in [6.45, 7) is 3.09. The van der Waals surface area contributed by atoms with Gasteiger partial charge in [0.25, 0.3) is 0 Å². The molecule has 2 N–H and O–H groups in total. The number of anilines is 1. The molecule has 1 aromatic carbocycles. The molecular weight excluding hydrogens is 230 g/mol. The van der Waals surface area contributed by atoms with E-state index in [1.54, 1.807) is 11.3 Å². The molecule has 0 saturated carbocycles. The Morgan fingerprint density at radius 1 is 1.35 bits per heavy atom. The van der Waals surface area contributed by atoms with Gasteiger partial charge < -0.3 is 5.73 Å². The van der Waals surface area contributed by atoms with Crippen molar-refractivity contribution in [1.29, 1.82) is 0 Å². The Bertz CT molecular complexity index is 467. The Balaban J connectivity index is 2.03. The average Bonchev–Trinajstić information content (AvgIpc) is 2.75. The monoisotopic (exact) mass is 247 g/mol. The Hall–Kier alpha value is -1.39. The van der Waals surface area contributed by atoms with Gasteiger partial charge in [-0.1, -0.05) is 30.3 Å². The van der Waals surface area contributed by atoms with Crippen molar-refractivity contribution in [3.8, 4) is 0 Å². The van der Waals surface area contributed by atoms with E-state index >= 15 is 0 Å². The minimum Gasteiger partial charge on any atom is -0.375 e. The summed E-state index contributed by atoms with van der Waals surface area (Å²) < 4.78 is 0. The van der Waals surface area contributed by atoms with Crippen LogP contribution in [0.15, 0.2) is 36.5 Å². The summed E-state index contributed by atoms with van der Waals surface area (Å²) in [4.78, 5) is 7.57. The van der Waals surface area contributed by atoms with Crippen LogP contribution >= 0.6 is 11.3 Å². The van der Waals surface area contributed by atoms with Gasteiger partial charge >= 0.3 is 0 Å². The first-order valence-electron chi connectivity index (χ1n) is 5.62. The summed E-state index contributed by atoms with van der Waals surface area (Å²) in [6.07, 6.45) is 1.86. The zero-order valence-corrected chi connectivity index (χ0v) is 10.9. The van der Waals surface area contributed by atoms with Gasteiger partial charge in [-0.2, -0.15) is 0 Å². The van der Waals surface area contributed by atoms with E-state index in [0.29, 0.717) is 11.2 Å². The molecule has 1 unspecified atom stereocenters. The van der Waals surface area contributed by atoms with E-state index in [0.717, 1.165) is 6.54 Å². The van der Waals surface area contributed by atoms with Gasteiger partial charge in [-0.05, 0) is 19.5 Å². The minimum atomic E-state index is 0.388. The number of thiazole rings is 1. The Morgan fingerprint density at radius 2 is 2.06 bits per heavy atom. The second-order valence-electron chi connectivity index (χ2n) is 4.17. The van der Waals surface area contributed by atoms with E-state index < -0.39 is 0 Å². The number of hydrogen-bond acceptors (Lipinski definition) is 4. The Labute approximate surface area is 106 Å². The second kappa shape index (κ2) is 5.29. The highest BCUT2D eigenvalue weighted by molar-refractivity contribution is 7.15. The number of nitrogens with zero attached hydrogens (tertiary/aromatic N) is 2. The fourth-order valence-electron chi connectivity index (χ4n) is 1.76. The molecule has 4 heteroatoms. The first kappa shape index (κ1) is 12.1. The minimum absolute atomic E-state index is 0.388. The highest BCUT2D eigenvalue weighted by Gasteiger charge is 2.12. The molecule has 3 nitrogen and oxygen atoms in total. The molecule has 1 heterocycles. The number of nitrogen functional groups attached to an aromatic ring is 1. The van der Waals surface area contributed by atoms with Gasteiger partial charge in [0, 0.05) is 23.7 Å². The lowest BCUT2D eigenvalue weighted by atomic mass is 10.1. The van der Waals surface area contributed by atoms with Crippen molar-refractivity contribution in [2.24, 2.45) is 0 Å². The molecule has 2 rings (SSSR count). The molecular formula is C13H17N3S. The molecule has 0 aliphatic rings.